The average molecular weight is 514 g/mol. The molecule has 3 aromatic rings. The van der Waals surface area contributed by atoms with Crippen molar-refractivity contribution in [1.82, 2.24) is 0 Å². The summed E-state index contributed by atoms with van der Waals surface area (Å²) in [5.41, 5.74) is 3.04. The van der Waals surface area contributed by atoms with E-state index in [0.29, 0.717) is 17.1 Å². The van der Waals surface area contributed by atoms with Crippen molar-refractivity contribution in [2.45, 2.75) is 20.3 Å². The first-order chi connectivity index (χ1) is 16.3. The Morgan fingerprint density at radius 3 is 1.34 bits per heavy atom. The summed E-state index contributed by atoms with van der Waals surface area (Å²) >= 11 is 0. The number of hydrogen-bond donors (Lipinski definition) is 0. The second-order valence-electron chi connectivity index (χ2n) is 7.49. The lowest BCUT2D eigenvalue weighted by molar-refractivity contribution is 0.243. The minimum atomic E-state index is -10.0. The molecule has 0 atom stereocenters. The molecule has 0 aliphatic rings. The summed E-state index contributed by atoms with van der Waals surface area (Å²) in [4.78, 5) is 2.28. The van der Waals surface area contributed by atoms with Gasteiger partial charge in [-0.3, -0.25) is 0 Å². The third-order valence-corrected chi connectivity index (χ3v) is 5.10. The van der Waals surface area contributed by atoms with E-state index < -0.39 is 16.3 Å². The Balaban J connectivity index is 1.59. The Morgan fingerprint density at radius 2 is 1.00 bits per heavy atom. The molecule has 0 heterocycles. The lowest BCUT2D eigenvalue weighted by Crippen LogP contribution is -2.23. The molecule has 0 aromatic heterocycles. The molecule has 35 heavy (non-hydrogen) atoms. The molecular formula is C23H24F5N5OS. The van der Waals surface area contributed by atoms with E-state index >= 15 is 0 Å². The zero-order valence-corrected chi connectivity index (χ0v) is 19.8. The minimum absolute atomic E-state index is 0.160. The molecule has 6 nitrogen and oxygen atoms in total. The molecule has 0 amide bonds. The Bertz CT molecular complexity index is 1180. The van der Waals surface area contributed by atoms with E-state index in [1.54, 1.807) is 24.3 Å². The fourth-order valence-corrected chi connectivity index (χ4v) is 3.51. The third-order valence-electron chi connectivity index (χ3n) is 4.59. The molecule has 0 saturated heterocycles. The number of azo groups is 2. The zero-order valence-electron chi connectivity index (χ0n) is 19.0. The molecule has 188 valence electrons. The van der Waals surface area contributed by atoms with Gasteiger partial charge in [0.15, 0.2) is 0 Å². The predicted molar refractivity (Wildman–Crippen MR) is 130 cm³/mol. The number of anilines is 1. The Labute approximate surface area is 200 Å². The molecule has 0 bridgehead atoms. The third kappa shape index (κ3) is 8.96. The predicted octanol–water partition coefficient (Wildman–Crippen LogP) is 10.3. The fraction of sp³-hybridized carbons (Fsp3) is 0.217. The van der Waals surface area contributed by atoms with Crippen LogP contribution < -0.4 is 9.08 Å². The maximum atomic E-state index is 12.4. The Morgan fingerprint density at radius 1 is 0.629 bits per heavy atom. The van der Waals surface area contributed by atoms with E-state index in [-0.39, 0.29) is 5.69 Å². The maximum Gasteiger partial charge on any atom is 0.435 e. The van der Waals surface area contributed by atoms with E-state index in [4.69, 9.17) is 0 Å². The molecule has 12 heteroatoms. The highest BCUT2D eigenvalue weighted by molar-refractivity contribution is 8.42. The highest BCUT2D eigenvalue weighted by Gasteiger charge is 2.67. The van der Waals surface area contributed by atoms with Crippen molar-refractivity contribution in [3.63, 3.8) is 0 Å². The SMILES string of the molecule is CCCN(CC)c1ccc(N=Nc2ccc(N=Nc3ccc(OS(F)(F)(F)(F)F)cc3)cc2)cc1. The van der Waals surface area contributed by atoms with E-state index in [9.17, 15) is 19.4 Å². The summed E-state index contributed by atoms with van der Waals surface area (Å²) in [5, 5.41) is 16.2. The van der Waals surface area contributed by atoms with Gasteiger partial charge < -0.3 is 9.08 Å². The van der Waals surface area contributed by atoms with Gasteiger partial charge in [-0.1, -0.05) is 26.4 Å². The van der Waals surface area contributed by atoms with Crippen molar-refractivity contribution < 1.29 is 23.6 Å². The molecule has 3 rings (SSSR count). The van der Waals surface area contributed by atoms with Crippen molar-refractivity contribution >= 4 is 38.9 Å². The molecule has 0 N–H and O–H groups in total. The number of rotatable bonds is 10. The Kier molecular flexibility index (Phi) is 7.16. The Hall–Kier alpha value is -3.54. The normalized spacial score (nSPS) is 14.1. The first-order valence-corrected chi connectivity index (χ1v) is 12.5. The van der Waals surface area contributed by atoms with Crippen LogP contribution in [0.5, 0.6) is 5.75 Å². The lowest BCUT2D eigenvalue weighted by atomic mass is 10.2. The molecule has 0 aliphatic heterocycles. The van der Waals surface area contributed by atoms with Crippen LogP contribution in [0.15, 0.2) is 93.3 Å². The van der Waals surface area contributed by atoms with Crippen molar-refractivity contribution in [3.8, 4) is 5.75 Å². The van der Waals surface area contributed by atoms with E-state index in [2.05, 4.69) is 43.4 Å². The van der Waals surface area contributed by atoms with Gasteiger partial charge in [-0.15, -0.1) is 0 Å². The van der Waals surface area contributed by atoms with E-state index in [0.717, 1.165) is 49.5 Å². The largest absolute Gasteiger partial charge is 0.435 e. The van der Waals surface area contributed by atoms with Gasteiger partial charge in [0, 0.05) is 18.8 Å². The topological polar surface area (TPSA) is 61.9 Å². The van der Waals surface area contributed by atoms with Crippen LogP contribution >= 0.6 is 10.5 Å². The van der Waals surface area contributed by atoms with Gasteiger partial charge in [0.05, 0.1) is 22.7 Å². The van der Waals surface area contributed by atoms with E-state index in [1.807, 2.05) is 24.3 Å². The standard InChI is InChI=1S/C23H24F5N5OS/c1-3-17-33(4-2)22-13-9-20(10-14-22)31-29-18-5-7-19(8-6-18)30-32-21-11-15-23(16-12-21)34-35(24,25,26,27)28/h5-16H,3-4,17H2,1-2H3. The maximum absolute atomic E-state index is 12.4. The zero-order chi connectivity index (χ0) is 25.6. The second-order valence-corrected chi connectivity index (χ2v) is 9.45. The number of benzene rings is 3. The summed E-state index contributed by atoms with van der Waals surface area (Å²) in [7, 11) is -10.0. The highest BCUT2D eigenvalue weighted by Crippen LogP contribution is 2.97. The lowest BCUT2D eigenvalue weighted by Gasteiger charge is -2.39. The smallest absolute Gasteiger partial charge is 0.372 e. The molecule has 0 unspecified atom stereocenters. The summed E-state index contributed by atoms with van der Waals surface area (Å²) in [6.45, 7) is 6.16. The molecule has 0 saturated carbocycles. The first kappa shape index (κ1) is 26.1. The van der Waals surface area contributed by atoms with Crippen molar-refractivity contribution in [2.24, 2.45) is 20.5 Å². The molecule has 0 aliphatic carbocycles. The number of hydrogen-bond acceptors (Lipinski definition) is 6. The van der Waals surface area contributed by atoms with Crippen molar-refractivity contribution in [3.05, 3.63) is 72.8 Å². The average Bonchev–Trinajstić information content (AvgIpc) is 2.80. The summed E-state index contributed by atoms with van der Waals surface area (Å²) in [6.07, 6.45) is 1.07. The van der Waals surface area contributed by atoms with Gasteiger partial charge in [-0.05, 0) is 86.1 Å². The monoisotopic (exact) mass is 513 g/mol. The first-order valence-electron chi connectivity index (χ1n) is 10.7. The van der Waals surface area contributed by atoms with Crippen LogP contribution in [0.3, 0.4) is 0 Å². The van der Waals surface area contributed by atoms with Gasteiger partial charge in [0.1, 0.15) is 5.75 Å². The molecule has 0 radical (unpaired) electrons. The molecule has 3 aromatic carbocycles. The van der Waals surface area contributed by atoms with Crippen LogP contribution in [-0.4, -0.2) is 13.1 Å². The van der Waals surface area contributed by atoms with Gasteiger partial charge in [0.25, 0.3) is 0 Å². The van der Waals surface area contributed by atoms with Crippen LogP contribution in [-0.2, 0) is 0 Å². The van der Waals surface area contributed by atoms with Crippen LogP contribution in [0.2, 0.25) is 0 Å². The number of nitrogens with zero attached hydrogens (tertiary/aromatic N) is 5. The molecular weight excluding hydrogens is 489 g/mol. The van der Waals surface area contributed by atoms with Crippen LogP contribution in [0, 0.1) is 0 Å². The van der Waals surface area contributed by atoms with Gasteiger partial charge >= 0.3 is 10.5 Å². The molecule has 0 spiro atoms. The van der Waals surface area contributed by atoms with Crippen LogP contribution in [0.4, 0.5) is 47.9 Å². The summed E-state index contributed by atoms with van der Waals surface area (Å²) < 4.78 is 64.8. The summed E-state index contributed by atoms with van der Waals surface area (Å²) in [6, 6.07) is 18.1. The van der Waals surface area contributed by atoms with Gasteiger partial charge in [0.2, 0.25) is 0 Å². The highest BCUT2D eigenvalue weighted by atomic mass is 32.5. The summed E-state index contributed by atoms with van der Waals surface area (Å²) in [5.74, 6) is -1.03. The van der Waals surface area contributed by atoms with Gasteiger partial charge in [-0.2, -0.15) is 20.5 Å². The second kappa shape index (κ2) is 9.61. The van der Waals surface area contributed by atoms with E-state index in [1.165, 1.54) is 0 Å². The van der Waals surface area contributed by atoms with Crippen LogP contribution in [0.25, 0.3) is 0 Å². The van der Waals surface area contributed by atoms with Crippen molar-refractivity contribution in [1.29, 1.82) is 0 Å². The fourth-order valence-electron chi connectivity index (χ4n) is 3.04. The minimum Gasteiger partial charge on any atom is -0.372 e. The molecule has 0 fully saturated rings. The number of halogens is 5. The quantitative estimate of drug-likeness (QED) is 0.200. The van der Waals surface area contributed by atoms with Crippen molar-refractivity contribution in [2.75, 3.05) is 18.0 Å². The van der Waals surface area contributed by atoms with Crippen LogP contribution in [0.1, 0.15) is 20.3 Å². The van der Waals surface area contributed by atoms with Gasteiger partial charge in [-0.25, -0.2) is 0 Å².